The summed E-state index contributed by atoms with van der Waals surface area (Å²) in [7, 11) is -3.43. The standard InChI is InChI=1S/C15H18N2O3S/c1-12-5-6-16-8-15(12)9-17-21(19,20)11-14-4-2-3-13(7-14)10-18/h2-8,17-18H,9-11H2,1H3. The van der Waals surface area contributed by atoms with Crippen LogP contribution in [0.4, 0.5) is 0 Å². The summed E-state index contributed by atoms with van der Waals surface area (Å²) >= 11 is 0. The van der Waals surface area contributed by atoms with Gasteiger partial charge >= 0.3 is 0 Å². The number of nitrogens with one attached hydrogen (secondary N) is 1. The monoisotopic (exact) mass is 306 g/mol. The highest BCUT2D eigenvalue weighted by molar-refractivity contribution is 7.88. The van der Waals surface area contributed by atoms with Crippen molar-refractivity contribution in [3.63, 3.8) is 0 Å². The predicted molar refractivity (Wildman–Crippen MR) is 80.8 cm³/mol. The number of aryl methyl sites for hydroxylation is 1. The lowest BCUT2D eigenvalue weighted by molar-refractivity contribution is 0.282. The van der Waals surface area contributed by atoms with Crippen LogP contribution in [-0.2, 0) is 28.9 Å². The van der Waals surface area contributed by atoms with E-state index >= 15 is 0 Å². The molecule has 0 unspecified atom stereocenters. The Morgan fingerprint density at radius 2 is 2.00 bits per heavy atom. The number of sulfonamides is 1. The summed E-state index contributed by atoms with van der Waals surface area (Å²) in [5.41, 5.74) is 3.20. The summed E-state index contributed by atoms with van der Waals surface area (Å²) in [6.07, 6.45) is 3.33. The highest BCUT2D eigenvalue weighted by atomic mass is 32.2. The molecule has 2 aromatic rings. The maximum absolute atomic E-state index is 12.1. The molecule has 112 valence electrons. The molecular weight excluding hydrogens is 288 g/mol. The second-order valence-corrected chi connectivity index (χ2v) is 6.67. The Hall–Kier alpha value is -1.76. The van der Waals surface area contributed by atoms with E-state index in [2.05, 4.69) is 9.71 Å². The van der Waals surface area contributed by atoms with Crippen LogP contribution in [-0.4, -0.2) is 18.5 Å². The molecule has 1 aromatic heterocycles. The summed E-state index contributed by atoms with van der Waals surface area (Å²) in [5.74, 6) is -0.111. The molecule has 6 heteroatoms. The quantitative estimate of drug-likeness (QED) is 0.847. The van der Waals surface area contributed by atoms with Crippen LogP contribution >= 0.6 is 0 Å². The lowest BCUT2D eigenvalue weighted by Gasteiger charge is -2.09. The molecule has 1 aromatic carbocycles. The van der Waals surface area contributed by atoms with Gasteiger partial charge in [-0.15, -0.1) is 0 Å². The normalized spacial score (nSPS) is 11.5. The van der Waals surface area contributed by atoms with E-state index in [-0.39, 0.29) is 18.9 Å². The van der Waals surface area contributed by atoms with Crippen LogP contribution in [0.25, 0.3) is 0 Å². The van der Waals surface area contributed by atoms with Gasteiger partial charge in [0.2, 0.25) is 10.0 Å². The zero-order valence-corrected chi connectivity index (χ0v) is 12.6. The van der Waals surface area contributed by atoms with Gasteiger partial charge in [-0.1, -0.05) is 24.3 Å². The predicted octanol–water partition coefficient (Wildman–Crippen LogP) is 1.50. The minimum Gasteiger partial charge on any atom is -0.392 e. The smallest absolute Gasteiger partial charge is 0.216 e. The largest absolute Gasteiger partial charge is 0.392 e. The molecule has 0 aliphatic carbocycles. The first-order chi connectivity index (χ1) is 10.00. The molecule has 0 aliphatic heterocycles. The van der Waals surface area contributed by atoms with Gasteiger partial charge in [-0.05, 0) is 35.2 Å². The highest BCUT2D eigenvalue weighted by Gasteiger charge is 2.12. The van der Waals surface area contributed by atoms with E-state index in [0.29, 0.717) is 11.1 Å². The van der Waals surface area contributed by atoms with E-state index in [0.717, 1.165) is 11.1 Å². The molecule has 2 N–H and O–H groups in total. The second-order valence-electron chi connectivity index (χ2n) is 4.86. The first kappa shape index (κ1) is 15.6. The number of benzene rings is 1. The number of hydrogen-bond acceptors (Lipinski definition) is 4. The van der Waals surface area contributed by atoms with E-state index in [1.165, 1.54) is 0 Å². The van der Waals surface area contributed by atoms with Crippen LogP contribution < -0.4 is 4.72 Å². The number of pyridine rings is 1. The molecule has 0 radical (unpaired) electrons. The number of aliphatic hydroxyl groups excluding tert-OH is 1. The van der Waals surface area contributed by atoms with Crippen LogP contribution in [0.2, 0.25) is 0 Å². The van der Waals surface area contributed by atoms with Gasteiger partial charge in [0.15, 0.2) is 0 Å². The van der Waals surface area contributed by atoms with Crippen molar-refractivity contribution in [1.82, 2.24) is 9.71 Å². The lowest BCUT2D eigenvalue weighted by Crippen LogP contribution is -2.25. The minimum atomic E-state index is -3.43. The van der Waals surface area contributed by atoms with Gasteiger partial charge in [-0.3, -0.25) is 4.98 Å². The van der Waals surface area contributed by atoms with Crippen molar-refractivity contribution in [2.24, 2.45) is 0 Å². The average molecular weight is 306 g/mol. The Kier molecular flexibility index (Phi) is 5.06. The highest BCUT2D eigenvalue weighted by Crippen LogP contribution is 2.10. The van der Waals surface area contributed by atoms with E-state index in [1.807, 2.05) is 13.0 Å². The fourth-order valence-corrected chi connectivity index (χ4v) is 3.05. The SMILES string of the molecule is Cc1ccncc1CNS(=O)(=O)Cc1cccc(CO)c1. The van der Waals surface area contributed by atoms with E-state index in [9.17, 15) is 8.42 Å². The average Bonchev–Trinajstić information content (AvgIpc) is 2.46. The first-order valence-electron chi connectivity index (χ1n) is 6.56. The summed E-state index contributed by atoms with van der Waals surface area (Å²) < 4.78 is 26.8. The van der Waals surface area contributed by atoms with Crippen LogP contribution in [0.1, 0.15) is 22.3 Å². The molecule has 0 saturated heterocycles. The zero-order valence-electron chi connectivity index (χ0n) is 11.8. The van der Waals surface area contributed by atoms with Gasteiger partial charge in [-0.25, -0.2) is 13.1 Å². The second kappa shape index (κ2) is 6.80. The van der Waals surface area contributed by atoms with Gasteiger partial charge in [-0.2, -0.15) is 0 Å². The number of hydrogen-bond donors (Lipinski definition) is 2. The molecule has 5 nitrogen and oxygen atoms in total. The Morgan fingerprint density at radius 3 is 2.71 bits per heavy atom. The molecule has 0 saturated carbocycles. The van der Waals surface area contributed by atoms with Gasteiger partial charge in [0.1, 0.15) is 0 Å². The Balaban J connectivity index is 2.03. The minimum absolute atomic E-state index is 0.101. The van der Waals surface area contributed by atoms with Crippen molar-refractivity contribution in [2.75, 3.05) is 0 Å². The topological polar surface area (TPSA) is 79.3 Å². The number of rotatable bonds is 6. The van der Waals surface area contributed by atoms with Crippen molar-refractivity contribution >= 4 is 10.0 Å². The Morgan fingerprint density at radius 1 is 1.24 bits per heavy atom. The van der Waals surface area contributed by atoms with E-state index < -0.39 is 10.0 Å². The van der Waals surface area contributed by atoms with Crippen molar-refractivity contribution in [2.45, 2.75) is 25.8 Å². The van der Waals surface area contributed by atoms with E-state index in [1.54, 1.807) is 36.7 Å². The summed E-state index contributed by atoms with van der Waals surface area (Å²) in [5, 5.41) is 9.07. The van der Waals surface area contributed by atoms with Gasteiger partial charge in [0, 0.05) is 18.9 Å². The molecule has 0 bridgehead atoms. The molecule has 21 heavy (non-hydrogen) atoms. The van der Waals surface area contributed by atoms with Crippen LogP contribution in [0, 0.1) is 6.92 Å². The third kappa shape index (κ3) is 4.63. The number of nitrogens with zero attached hydrogens (tertiary/aromatic N) is 1. The summed E-state index contributed by atoms with van der Waals surface area (Å²) in [4.78, 5) is 3.99. The van der Waals surface area contributed by atoms with Crippen molar-refractivity contribution in [1.29, 1.82) is 0 Å². The van der Waals surface area contributed by atoms with Gasteiger partial charge in [0.05, 0.1) is 12.4 Å². The molecule has 1 heterocycles. The third-order valence-corrected chi connectivity index (χ3v) is 4.46. The molecule has 0 spiro atoms. The Labute approximate surface area is 124 Å². The van der Waals surface area contributed by atoms with Crippen molar-refractivity contribution < 1.29 is 13.5 Å². The molecule has 2 rings (SSSR count). The number of aliphatic hydroxyl groups is 1. The van der Waals surface area contributed by atoms with Crippen LogP contribution in [0.5, 0.6) is 0 Å². The fourth-order valence-electron chi connectivity index (χ4n) is 1.96. The maximum atomic E-state index is 12.1. The number of aromatic nitrogens is 1. The lowest BCUT2D eigenvalue weighted by atomic mass is 10.1. The van der Waals surface area contributed by atoms with Crippen LogP contribution in [0.15, 0.2) is 42.7 Å². The Bertz CT molecular complexity index is 714. The van der Waals surface area contributed by atoms with Gasteiger partial charge in [0.25, 0.3) is 0 Å². The fraction of sp³-hybridized carbons (Fsp3) is 0.267. The van der Waals surface area contributed by atoms with Crippen molar-refractivity contribution in [3.05, 3.63) is 65.0 Å². The van der Waals surface area contributed by atoms with Crippen LogP contribution in [0.3, 0.4) is 0 Å². The van der Waals surface area contributed by atoms with Gasteiger partial charge < -0.3 is 5.11 Å². The van der Waals surface area contributed by atoms with E-state index in [4.69, 9.17) is 5.11 Å². The molecule has 0 amide bonds. The maximum Gasteiger partial charge on any atom is 0.216 e. The summed E-state index contributed by atoms with van der Waals surface area (Å²) in [6.45, 7) is 2.04. The molecule has 0 aliphatic rings. The molecular formula is C15H18N2O3S. The molecule has 0 atom stereocenters. The first-order valence-corrected chi connectivity index (χ1v) is 8.21. The zero-order chi connectivity index (χ0) is 15.3. The third-order valence-electron chi connectivity index (χ3n) is 3.16. The summed E-state index contributed by atoms with van der Waals surface area (Å²) in [6, 6.07) is 8.75. The molecule has 0 fully saturated rings. The van der Waals surface area contributed by atoms with Crippen molar-refractivity contribution in [3.8, 4) is 0 Å².